The summed E-state index contributed by atoms with van der Waals surface area (Å²) in [6.07, 6.45) is 1.83. The maximum Gasteiger partial charge on any atom is 0.264 e. The van der Waals surface area contributed by atoms with Crippen LogP contribution >= 0.6 is 23.4 Å². The van der Waals surface area contributed by atoms with Gasteiger partial charge in [0.15, 0.2) is 5.17 Å². The van der Waals surface area contributed by atoms with Crippen molar-refractivity contribution < 1.29 is 4.79 Å². The molecule has 5 heteroatoms. The number of hydrogen-bond donors (Lipinski definition) is 1. The molecule has 1 heterocycles. The van der Waals surface area contributed by atoms with E-state index in [0.29, 0.717) is 15.1 Å². The van der Waals surface area contributed by atoms with Crippen LogP contribution in [0, 0.1) is 6.92 Å². The number of carbonyl (C=O) groups is 1. The van der Waals surface area contributed by atoms with Crippen molar-refractivity contribution in [1.82, 2.24) is 5.32 Å². The van der Waals surface area contributed by atoms with E-state index in [1.807, 2.05) is 49.4 Å². The van der Waals surface area contributed by atoms with Crippen LogP contribution in [-0.2, 0) is 4.79 Å². The fourth-order valence-electron chi connectivity index (χ4n) is 2.01. The van der Waals surface area contributed by atoms with E-state index in [2.05, 4.69) is 10.3 Å². The highest BCUT2D eigenvalue weighted by Crippen LogP contribution is 2.28. The van der Waals surface area contributed by atoms with Crippen molar-refractivity contribution in [3.63, 3.8) is 0 Å². The monoisotopic (exact) mass is 328 g/mol. The molecular formula is C17H13ClN2OS. The molecule has 0 radical (unpaired) electrons. The predicted octanol–water partition coefficient (Wildman–Crippen LogP) is 4.54. The molecule has 0 spiro atoms. The quantitative estimate of drug-likeness (QED) is 0.822. The number of amidine groups is 1. The molecule has 0 saturated carbocycles. The molecule has 1 aliphatic rings. The first kappa shape index (κ1) is 14.9. The molecule has 1 N–H and O–H groups in total. The third-order valence-electron chi connectivity index (χ3n) is 3.05. The first-order chi connectivity index (χ1) is 10.6. The second kappa shape index (κ2) is 6.38. The molecule has 110 valence electrons. The Bertz CT molecular complexity index is 782. The van der Waals surface area contributed by atoms with Crippen LogP contribution in [-0.4, -0.2) is 11.1 Å². The van der Waals surface area contributed by atoms with E-state index in [0.717, 1.165) is 16.8 Å². The number of benzene rings is 2. The van der Waals surface area contributed by atoms with Crippen molar-refractivity contribution in [3.8, 4) is 0 Å². The third kappa shape index (κ3) is 3.59. The smallest absolute Gasteiger partial charge is 0.264 e. The Kier molecular flexibility index (Phi) is 4.32. The van der Waals surface area contributed by atoms with Gasteiger partial charge in [0.05, 0.1) is 10.6 Å². The largest absolute Gasteiger partial charge is 0.300 e. The summed E-state index contributed by atoms with van der Waals surface area (Å²) < 4.78 is 0. The van der Waals surface area contributed by atoms with Crippen molar-refractivity contribution in [2.45, 2.75) is 6.92 Å². The number of nitrogens with one attached hydrogen (secondary N) is 1. The van der Waals surface area contributed by atoms with Crippen LogP contribution in [0.4, 0.5) is 5.69 Å². The molecule has 1 aliphatic heterocycles. The van der Waals surface area contributed by atoms with Gasteiger partial charge in [0.2, 0.25) is 0 Å². The average molecular weight is 329 g/mol. The fourth-order valence-corrected chi connectivity index (χ4v) is 2.97. The number of aliphatic imine (C=N–C) groups is 1. The topological polar surface area (TPSA) is 41.5 Å². The molecule has 3 nitrogen and oxygen atoms in total. The van der Waals surface area contributed by atoms with Gasteiger partial charge in [0.25, 0.3) is 5.91 Å². The van der Waals surface area contributed by atoms with Gasteiger partial charge >= 0.3 is 0 Å². The van der Waals surface area contributed by atoms with Crippen LogP contribution in [0.5, 0.6) is 0 Å². The summed E-state index contributed by atoms with van der Waals surface area (Å²) in [5.41, 5.74) is 2.89. The van der Waals surface area contributed by atoms with E-state index in [-0.39, 0.29) is 5.91 Å². The lowest BCUT2D eigenvalue weighted by molar-refractivity contribution is -0.115. The number of thioether (sulfide) groups is 1. The van der Waals surface area contributed by atoms with Gasteiger partial charge in [0.1, 0.15) is 0 Å². The molecule has 3 rings (SSSR count). The molecule has 2 aromatic carbocycles. The summed E-state index contributed by atoms with van der Waals surface area (Å²) in [4.78, 5) is 17.1. The van der Waals surface area contributed by atoms with Gasteiger partial charge in [-0.2, -0.15) is 0 Å². The Hall–Kier alpha value is -2.04. The van der Waals surface area contributed by atoms with Crippen LogP contribution in [0.25, 0.3) is 6.08 Å². The lowest BCUT2D eigenvalue weighted by atomic mass is 10.2. The van der Waals surface area contributed by atoms with E-state index in [9.17, 15) is 4.79 Å². The second-order valence-corrected chi connectivity index (χ2v) is 6.34. The number of rotatable bonds is 2. The van der Waals surface area contributed by atoms with E-state index in [1.54, 1.807) is 12.1 Å². The van der Waals surface area contributed by atoms with Crippen LogP contribution < -0.4 is 5.32 Å². The second-order valence-electron chi connectivity index (χ2n) is 4.87. The summed E-state index contributed by atoms with van der Waals surface area (Å²) in [5, 5.41) is 4.05. The SMILES string of the molecule is Cc1cccc(N=C2NC(=O)/C(=C/c3ccc(Cl)cc3)S2)c1. The van der Waals surface area contributed by atoms with Crippen LogP contribution in [0.1, 0.15) is 11.1 Å². The van der Waals surface area contributed by atoms with Crippen molar-refractivity contribution in [1.29, 1.82) is 0 Å². The first-order valence-corrected chi connectivity index (χ1v) is 7.91. The highest BCUT2D eigenvalue weighted by atomic mass is 35.5. The Morgan fingerprint density at radius 3 is 2.68 bits per heavy atom. The zero-order chi connectivity index (χ0) is 15.5. The molecule has 0 unspecified atom stereocenters. The van der Waals surface area contributed by atoms with Gasteiger partial charge in [-0.25, -0.2) is 4.99 Å². The highest BCUT2D eigenvalue weighted by Gasteiger charge is 2.23. The van der Waals surface area contributed by atoms with Crippen molar-refractivity contribution in [2.75, 3.05) is 0 Å². The zero-order valence-corrected chi connectivity index (χ0v) is 13.4. The number of halogens is 1. The number of carbonyl (C=O) groups excluding carboxylic acids is 1. The molecule has 1 saturated heterocycles. The maximum absolute atomic E-state index is 12.0. The zero-order valence-electron chi connectivity index (χ0n) is 11.8. The van der Waals surface area contributed by atoms with Crippen molar-refractivity contribution in [3.05, 3.63) is 69.6 Å². The van der Waals surface area contributed by atoms with Crippen LogP contribution in [0.2, 0.25) is 5.02 Å². The van der Waals surface area contributed by atoms with Gasteiger partial charge < -0.3 is 5.32 Å². The maximum atomic E-state index is 12.0. The molecule has 0 aliphatic carbocycles. The van der Waals surface area contributed by atoms with Crippen LogP contribution in [0.3, 0.4) is 0 Å². The van der Waals surface area contributed by atoms with E-state index in [1.165, 1.54) is 11.8 Å². The molecule has 2 aromatic rings. The summed E-state index contributed by atoms with van der Waals surface area (Å²) >= 11 is 7.19. The molecule has 0 atom stereocenters. The Morgan fingerprint density at radius 2 is 1.95 bits per heavy atom. The summed E-state index contributed by atoms with van der Waals surface area (Å²) in [6.45, 7) is 2.01. The van der Waals surface area contributed by atoms with Gasteiger partial charge in [-0.3, -0.25) is 4.79 Å². The van der Waals surface area contributed by atoms with Gasteiger partial charge in [-0.1, -0.05) is 35.9 Å². The Balaban J connectivity index is 1.82. The van der Waals surface area contributed by atoms with Gasteiger partial charge in [0, 0.05) is 5.02 Å². The number of aryl methyl sites for hydroxylation is 1. The number of amides is 1. The summed E-state index contributed by atoms with van der Waals surface area (Å²) in [6, 6.07) is 15.2. The molecule has 0 aromatic heterocycles. The van der Waals surface area contributed by atoms with Crippen molar-refractivity contribution in [2.24, 2.45) is 4.99 Å². The third-order valence-corrected chi connectivity index (χ3v) is 4.21. The van der Waals surface area contributed by atoms with E-state index >= 15 is 0 Å². The normalized spacial score (nSPS) is 18.0. The molecule has 1 amide bonds. The minimum Gasteiger partial charge on any atom is -0.300 e. The first-order valence-electron chi connectivity index (χ1n) is 6.72. The van der Waals surface area contributed by atoms with Gasteiger partial charge in [-0.05, 0) is 60.2 Å². The Morgan fingerprint density at radius 1 is 1.18 bits per heavy atom. The molecule has 0 bridgehead atoms. The average Bonchev–Trinajstić information content (AvgIpc) is 2.81. The standard InChI is InChI=1S/C17H13ClN2OS/c1-11-3-2-4-14(9-11)19-17-20-16(21)15(22-17)10-12-5-7-13(18)8-6-12/h2-10H,1H3,(H,19,20,21)/b15-10-. The van der Waals surface area contributed by atoms with Crippen LogP contribution in [0.15, 0.2) is 58.4 Å². The van der Waals surface area contributed by atoms with E-state index < -0.39 is 0 Å². The molecule has 1 fully saturated rings. The van der Waals surface area contributed by atoms with Gasteiger partial charge in [-0.15, -0.1) is 0 Å². The fraction of sp³-hybridized carbons (Fsp3) is 0.0588. The molecule has 22 heavy (non-hydrogen) atoms. The van der Waals surface area contributed by atoms with Crippen molar-refractivity contribution >= 4 is 46.2 Å². The highest BCUT2D eigenvalue weighted by molar-refractivity contribution is 8.18. The lowest BCUT2D eigenvalue weighted by Crippen LogP contribution is -2.19. The minimum absolute atomic E-state index is 0.133. The Labute approximate surface area is 138 Å². The lowest BCUT2D eigenvalue weighted by Gasteiger charge is -1.97. The summed E-state index contributed by atoms with van der Waals surface area (Å²) in [5.74, 6) is -0.133. The number of hydrogen-bond acceptors (Lipinski definition) is 3. The minimum atomic E-state index is -0.133. The van der Waals surface area contributed by atoms with E-state index in [4.69, 9.17) is 11.6 Å². The molecular weight excluding hydrogens is 316 g/mol. The summed E-state index contributed by atoms with van der Waals surface area (Å²) in [7, 11) is 0. The number of nitrogens with zero attached hydrogens (tertiary/aromatic N) is 1. The predicted molar refractivity (Wildman–Crippen MR) is 93.4 cm³/mol.